The number of hydrogen-bond acceptors (Lipinski definition) is 3. The van der Waals surface area contributed by atoms with Gasteiger partial charge in [-0.2, -0.15) is 0 Å². The molecule has 1 aromatic heterocycles. The number of carboxylic acids is 1. The third-order valence-electron chi connectivity index (χ3n) is 2.99. The first kappa shape index (κ1) is 13.1. The van der Waals surface area contributed by atoms with Gasteiger partial charge in [-0.1, -0.05) is 18.2 Å². The van der Waals surface area contributed by atoms with Crippen LogP contribution in [-0.4, -0.2) is 16.1 Å². The molecule has 4 nitrogen and oxygen atoms in total. The number of pyridine rings is 1. The molecule has 0 unspecified atom stereocenters. The van der Waals surface area contributed by atoms with Gasteiger partial charge in [0.2, 0.25) is 0 Å². The number of aryl methyl sites for hydroxylation is 2. The van der Waals surface area contributed by atoms with Gasteiger partial charge < -0.3 is 9.84 Å². The number of aromatic carboxylic acids is 1. The summed E-state index contributed by atoms with van der Waals surface area (Å²) < 4.78 is 5.60. The molecule has 0 radical (unpaired) electrons. The van der Waals surface area contributed by atoms with Gasteiger partial charge >= 0.3 is 5.97 Å². The largest absolute Gasteiger partial charge is 0.486 e. The van der Waals surface area contributed by atoms with Gasteiger partial charge in [-0.05, 0) is 42.7 Å². The van der Waals surface area contributed by atoms with Gasteiger partial charge in [0.05, 0.1) is 0 Å². The van der Waals surface area contributed by atoms with Gasteiger partial charge in [0.15, 0.2) is 11.4 Å². The number of hydrogen-bond donors (Lipinski definition) is 1. The maximum Gasteiger partial charge on any atom is 0.358 e. The third kappa shape index (κ3) is 2.91. The summed E-state index contributed by atoms with van der Waals surface area (Å²) in [6, 6.07) is 9.28. The minimum atomic E-state index is -1.09. The fraction of sp³-hybridized carbons (Fsp3) is 0.200. The van der Waals surface area contributed by atoms with Gasteiger partial charge in [-0.15, -0.1) is 0 Å². The number of ether oxygens (including phenoxy) is 1. The Balaban J connectivity index is 2.22. The second-order valence-corrected chi connectivity index (χ2v) is 4.31. The van der Waals surface area contributed by atoms with Crippen LogP contribution in [-0.2, 0) is 6.61 Å². The Morgan fingerprint density at radius 3 is 2.53 bits per heavy atom. The monoisotopic (exact) mass is 257 g/mol. The highest BCUT2D eigenvalue weighted by atomic mass is 16.5. The van der Waals surface area contributed by atoms with Gasteiger partial charge in [0.1, 0.15) is 6.61 Å². The van der Waals surface area contributed by atoms with E-state index in [9.17, 15) is 4.79 Å². The molecule has 2 aromatic rings. The highest BCUT2D eigenvalue weighted by Gasteiger charge is 2.13. The van der Waals surface area contributed by atoms with Crippen molar-refractivity contribution in [2.24, 2.45) is 0 Å². The smallest absolute Gasteiger partial charge is 0.358 e. The zero-order valence-corrected chi connectivity index (χ0v) is 10.9. The van der Waals surface area contributed by atoms with Crippen molar-refractivity contribution in [3.8, 4) is 5.75 Å². The molecular weight excluding hydrogens is 242 g/mol. The number of benzene rings is 1. The van der Waals surface area contributed by atoms with E-state index in [0.717, 1.165) is 16.7 Å². The minimum absolute atomic E-state index is 0.0614. The molecule has 0 atom stereocenters. The van der Waals surface area contributed by atoms with Crippen molar-refractivity contribution in [3.05, 3.63) is 58.9 Å². The van der Waals surface area contributed by atoms with E-state index in [-0.39, 0.29) is 11.4 Å². The molecule has 0 amide bonds. The number of nitrogens with zero attached hydrogens (tertiary/aromatic N) is 1. The van der Waals surface area contributed by atoms with E-state index in [1.165, 1.54) is 6.20 Å². The lowest BCUT2D eigenvalue weighted by Crippen LogP contribution is -2.07. The SMILES string of the molecule is Cc1cccc(C)c1COc1cccnc1C(=O)O. The zero-order chi connectivity index (χ0) is 13.8. The Morgan fingerprint density at radius 1 is 1.21 bits per heavy atom. The van der Waals surface area contributed by atoms with E-state index in [4.69, 9.17) is 9.84 Å². The average Bonchev–Trinajstić information content (AvgIpc) is 2.38. The molecule has 0 aliphatic rings. The summed E-state index contributed by atoms with van der Waals surface area (Å²) in [6.45, 7) is 4.35. The highest BCUT2D eigenvalue weighted by Crippen LogP contribution is 2.20. The molecule has 1 aromatic carbocycles. The van der Waals surface area contributed by atoms with Crippen LogP contribution < -0.4 is 4.74 Å². The predicted octanol–water partition coefficient (Wildman–Crippen LogP) is 2.98. The molecular formula is C15H15NO3. The van der Waals surface area contributed by atoms with Crippen molar-refractivity contribution < 1.29 is 14.6 Å². The fourth-order valence-corrected chi connectivity index (χ4v) is 1.89. The summed E-state index contributed by atoms with van der Waals surface area (Å²) in [5.41, 5.74) is 3.26. The number of carbonyl (C=O) groups is 1. The highest BCUT2D eigenvalue weighted by molar-refractivity contribution is 5.88. The first-order valence-electron chi connectivity index (χ1n) is 5.96. The maximum absolute atomic E-state index is 11.0. The van der Waals surface area contributed by atoms with Crippen molar-refractivity contribution in [2.75, 3.05) is 0 Å². The maximum atomic E-state index is 11.0. The predicted molar refractivity (Wildman–Crippen MR) is 71.4 cm³/mol. The summed E-state index contributed by atoms with van der Waals surface area (Å²) in [4.78, 5) is 14.8. The molecule has 4 heteroatoms. The van der Waals surface area contributed by atoms with Crippen molar-refractivity contribution in [1.82, 2.24) is 4.98 Å². The second kappa shape index (κ2) is 5.52. The Kier molecular flexibility index (Phi) is 3.80. The van der Waals surface area contributed by atoms with Crippen LogP contribution in [0.2, 0.25) is 0 Å². The van der Waals surface area contributed by atoms with Crippen LogP contribution in [0.25, 0.3) is 0 Å². The van der Waals surface area contributed by atoms with Crippen LogP contribution in [0.5, 0.6) is 5.75 Å². The normalized spacial score (nSPS) is 10.2. The number of aromatic nitrogens is 1. The molecule has 0 saturated heterocycles. The van der Waals surface area contributed by atoms with Crippen molar-refractivity contribution in [1.29, 1.82) is 0 Å². The van der Waals surface area contributed by atoms with Crippen LogP contribution >= 0.6 is 0 Å². The number of rotatable bonds is 4. The van der Waals surface area contributed by atoms with Gasteiger partial charge in [-0.25, -0.2) is 9.78 Å². The fourth-order valence-electron chi connectivity index (χ4n) is 1.89. The minimum Gasteiger partial charge on any atom is -0.486 e. The first-order valence-corrected chi connectivity index (χ1v) is 5.96. The lowest BCUT2D eigenvalue weighted by Gasteiger charge is -2.12. The van der Waals surface area contributed by atoms with Crippen LogP contribution in [0, 0.1) is 13.8 Å². The number of carboxylic acid groups (broad SMARTS) is 1. The summed E-state index contributed by atoms with van der Waals surface area (Å²) in [5.74, 6) is -0.797. The van der Waals surface area contributed by atoms with E-state index in [1.807, 2.05) is 32.0 Å². The Labute approximate surface area is 111 Å². The van der Waals surface area contributed by atoms with Gasteiger partial charge in [0, 0.05) is 6.20 Å². The topological polar surface area (TPSA) is 59.4 Å². The molecule has 98 valence electrons. The van der Waals surface area contributed by atoms with E-state index in [2.05, 4.69) is 4.98 Å². The summed E-state index contributed by atoms with van der Waals surface area (Å²) in [6.07, 6.45) is 1.44. The van der Waals surface area contributed by atoms with Crippen molar-refractivity contribution in [3.63, 3.8) is 0 Å². The summed E-state index contributed by atoms with van der Waals surface area (Å²) >= 11 is 0. The van der Waals surface area contributed by atoms with Crippen molar-refractivity contribution >= 4 is 5.97 Å². The molecule has 19 heavy (non-hydrogen) atoms. The van der Waals surface area contributed by atoms with Gasteiger partial charge in [-0.3, -0.25) is 0 Å². The summed E-state index contributed by atoms with van der Waals surface area (Å²) in [5, 5.41) is 9.03. The third-order valence-corrected chi connectivity index (χ3v) is 2.99. The molecule has 0 saturated carbocycles. The van der Waals surface area contributed by atoms with E-state index in [1.54, 1.807) is 12.1 Å². The van der Waals surface area contributed by atoms with Crippen molar-refractivity contribution in [2.45, 2.75) is 20.5 Å². The molecule has 2 rings (SSSR count). The van der Waals surface area contributed by atoms with Crippen LogP contribution in [0.1, 0.15) is 27.2 Å². The Bertz CT molecular complexity index is 588. The molecule has 1 heterocycles. The quantitative estimate of drug-likeness (QED) is 0.914. The Hall–Kier alpha value is -2.36. The molecule has 0 aliphatic heterocycles. The molecule has 0 spiro atoms. The average molecular weight is 257 g/mol. The van der Waals surface area contributed by atoms with E-state index < -0.39 is 5.97 Å². The van der Waals surface area contributed by atoms with E-state index >= 15 is 0 Å². The molecule has 0 fully saturated rings. The van der Waals surface area contributed by atoms with Crippen LogP contribution in [0.15, 0.2) is 36.5 Å². The Morgan fingerprint density at radius 2 is 1.89 bits per heavy atom. The molecule has 0 aliphatic carbocycles. The standard InChI is InChI=1S/C15H15NO3/c1-10-5-3-6-11(2)12(10)9-19-13-7-4-8-16-14(13)15(17)18/h3-8H,9H2,1-2H3,(H,17,18). The zero-order valence-electron chi connectivity index (χ0n) is 10.9. The summed E-state index contributed by atoms with van der Waals surface area (Å²) in [7, 11) is 0. The van der Waals surface area contributed by atoms with Gasteiger partial charge in [0.25, 0.3) is 0 Å². The molecule has 1 N–H and O–H groups in total. The van der Waals surface area contributed by atoms with E-state index in [0.29, 0.717) is 6.61 Å². The lowest BCUT2D eigenvalue weighted by molar-refractivity contribution is 0.0685. The van der Waals surface area contributed by atoms with Crippen LogP contribution in [0.4, 0.5) is 0 Å². The first-order chi connectivity index (χ1) is 9.09. The van der Waals surface area contributed by atoms with Crippen LogP contribution in [0.3, 0.4) is 0 Å². The second-order valence-electron chi connectivity index (χ2n) is 4.31. The lowest BCUT2D eigenvalue weighted by atomic mass is 10.0. The molecule has 0 bridgehead atoms.